The van der Waals surface area contributed by atoms with Crippen molar-refractivity contribution in [2.75, 3.05) is 31.5 Å². The van der Waals surface area contributed by atoms with Crippen LogP contribution in [0.5, 0.6) is 0 Å². The Kier molecular flexibility index (Phi) is 8.68. The van der Waals surface area contributed by atoms with E-state index >= 15 is 0 Å². The second-order valence-electron chi connectivity index (χ2n) is 9.41. The van der Waals surface area contributed by atoms with Crippen LogP contribution < -0.4 is 10.6 Å². The van der Waals surface area contributed by atoms with Crippen molar-refractivity contribution in [1.29, 1.82) is 5.26 Å². The van der Waals surface area contributed by atoms with Gasteiger partial charge in [0.05, 0.1) is 27.2 Å². The SMILES string of the molecule is N#Cc1cc(Cl)c(C(=O)N[C@@H](CCN2CC[C@H](CCc3ccc4c(n3)NCCC4)C2)C(=O)O)c(Cl)c1. The lowest BCUT2D eigenvalue weighted by molar-refractivity contribution is -0.139. The predicted molar refractivity (Wildman–Crippen MR) is 139 cm³/mol. The van der Waals surface area contributed by atoms with Crippen molar-refractivity contribution in [3.63, 3.8) is 0 Å². The minimum absolute atomic E-state index is 0.00673. The van der Waals surface area contributed by atoms with Crippen LogP contribution in [-0.4, -0.2) is 59.1 Å². The average molecular weight is 530 g/mol. The first-order valence-corrected chi connectivity index (χ1v) is 13.0. The number of fused-ring (bicyclic) bond motifs is 1. The minimum Gasteiger partial charge on any atom is -0.480 e. The Labute approximate surface area is 220 Å². The van der Waals surface area contributed by atoms with Crippen LogP contribution in [0.1, 0.15) is 52.9 Å². The number of likely N-dealkylation sites (tertiary alicyclic amines) is 1. The number of nitrogens with zero attached hydrogens (tertiary/aromatic N) is 3. The number of nitrogens with one attached hydrogen (secondary N) is 2. The third kappa shape index (κ3) is 6.47. The van der Waals surface area contributed by atoms with Gasteiger partial charge in [0.25, 0.3) is 5.91 Å². The van der Waals surface area contributed by atoms with Gasteiger partial charge < -0.3 is 20.6 Å². The van der Waals surface area contributed by atoms with Gasteiger partial charge in [0.1, 0.15) is 11.9 Å². The first kappa shape index (κ1) is 26.2. The first-order valence-electron chi connectivity index (χ1n) is 12.2. The molecule has 1 saturated heterocycles. The molecule has 0 bridgehead atoms. The molecule has 0 saturated carbocycles. The molecule has 1 aromatic carbocycles. The van der Waals surface area contributed by atoms with Crippen molar-refractivity contribution < 1.29 is 14.7 Å². The normalized spacial score (nSPS) is 18.1. The molecule has 0 spiro atoms. The second-order valence-corrected chi connectivity index (χ2v) is 10.2. The van der Waals surface area contributed by atoms with Crippen LogP contribution >= 0.6 is 23.2 Å². The molecule has 0 aliphatic carbocycles. The Bertz CT molecular complexity index is 1160. The van der Waals surface area contributed by atoms with E-state index in [-0.39, 0.29) is 27.6 Å². The Balaban J connectivity index is 1.26. The maximum Gasteiger partial charge on any atom is 0.326 e. The fourth-order valence-electron chi connectivity index (χ4n) is 4.87. The summed E-state index contributed by atoms with van der Waals surface area (Å²) >= 11 is 12.2. The van der Waals surface area contributed by atoms with Crippen molar-refractivity contribution in [2.45, 2.75) is 44.6 Å². The van der Waals surface area contributed by atoms with Crippen molar-refractivity contribution >= 4 is 40.9 Å². The smallest absolute Gasteiger partial charge is 0.326 e. The Morgan fingerprint density at radius 3 is 2.81 bits per heavy atom. The topological polar surface area (TPSA) is 118 Å². The number of aryl methyl sites for hydroxylation is 2. The van der Waals surface area contributed by atoms with Gasteiger partial charge in [-0.15, -0.1) is 0 Å². The molecule has 3 heterocycles. The van der Waals surface area contributed by atoms with E-state index < -0.39 is 17.9 Å². The van der Waals surface area contributed by atoms with Crippen LogP contribution in [0, 0.1) is 17.2 Å². The number of rotatable bonds is 9. The molecule has 1 aromatic heterocycles. The molecule has 2 aliphatic rings. The van der Waals surface area contributed by atoms with Gasteiger partial charge in [-0.05, 0) is 74.8 Å². The number of nitriles is 1. The summed E-state index contributed by atoms with van der Waals surface area (Å²) in [5, 5.41) is 24.6. The average Bonchev–Trinajstić information content (AvgIpc) is 3.32. The monoisotopic (exact) mass is 529 g/mol. The highest BCUT2D eigenvalue weighted by atomic mass is 35.5. The van der Waals surface area contributed by atoms with E-state index in [1.54, 1.807) is 0 Å². The molecule has 4 rings (SSSR count). The van der Waals surface area contributed by atoms with Gasteiger partial charge in [0.15, 0.2) is 0 Å². The molecule has 3 N–H and O–H groups in total. The number of hydrogen-bond acceptors (Lipinski definition) is 6. The number of anilines is 1. The van der Waals surface area contributed by atoms with Crippen LogP contribution in [0.2, 0.25) is 10.0 Å². The summed E-state index contributed by atoms with van der Waals surface area (Å²) in [6.07, 6.45) is 5.51. The second kappa shape index (κ2) is 11.9. The van der Waals surface area contributed by atoms with E-state index in [9.17, 15) is 14.7 Å². The Hall–Kier alpha value is -2.86. The quantitative estimate of drug-likeness (QED) is 0.446. The third-order valence-corrected chi connectivity index (χ3v) is 7.46. The molecule has 36 heavy (non-hydrogen) atoms. The van der Waals surface area contributed by atoms with Crippen molar-refractivity contribution in [1.82, 2.24) is 15.2 Å². The van der Waals surface area contributed by atoms with Crippen molar-refractivity contribution in [3.8, 4) is 6.07 Å². The molecule has 2 aromatic rings. The van der Waals surface area contributed by atoms with E-state index in [2.05, 4.69) is 27.7 Å². The summed E-state index contributed by atoms with van der Waals surface area (Å²) in [4.78, 5) is 31.5. The molecule has 1 fully saturated rings. The van der Waals surface area contributed by atoms with Crippen LogP contribution in [-0.2, 0) is 17.6 Å². The minimum atomic E-state index is -1.12. The predicted octanol–water partition coefficient (Wildman–Crippen LogP) is 4.15. The van der Waals surface area contributed by atoms with Crippen molar-refractivity contribution in [2.24, 2.45) is 5.92 Å². The fraction of sp³-hybridized carbons (Fsp3) is 0.462. The van der Waals surface area contributed by atoms with Gasteiger partial charge >= 0.3 is 5.97 Å². The van der Waals surface area contributed by atoms with Crippen LogP contribution in [0.3, 0.4) is 0 Å². The van der Waals surface area contributed by atoms with E-state index in [1.165, 1.54) is 17.7 Å². The Morgan fingerprint density at radius 2 is 2.08 bits per heavy atom. The third-order valence-electron chi connectivity index (χ3n) is 6.87. The van der Waals surface area contributed by atoms with Crippen LogP contribution in [0.15, 0.2) is 24.3 Å². The van der Waals surface area contributed by atoms with Gasteiger partial charge in [-0.2, -0.15) is 5.26 Å². The maximum atomic E-state index is 12.7. The molecular formula is C26H29Cl2N5O3. The number of carboxylic acid groups (broad SMARTS) is 1. The molecule has 10 heteroatoms. The van der Waals surface area contributed by atoms with E-state index in [4.69, 9.17) is 33.4 Å². The zero-order valence-electron chi connectivity index (χ0n) is 19.9. The molecule has 8 nitrogen and oxygen atoms in total. The lowest BCUT2D eigenvalue weighted by Crippen LogP contribution is -2.43. The molecule has 190 valence electrons. The van der Waals surface area contributed by atoms with E-state index in [1.807, 2.05) is 6.07 Å². The van der Waals surface area contributed by atoms with Gasteiger partial charge in [-0.25, -0.2) is 9.78 Å². The summed E-state index contributed by atoms with van der Waals surface area (Å²) in [5.74, 6) is -0.234. The van der Waals surface area contributed by atoms with E-state index in [0.29, 0.717) is 12.5 Å². The van der Waals surface area contributed by atoms with Crippen LogP contribution in [0.4, 0.5) is 5.82 Å². The molecule has 1 amide bonds. The molecule has 0 unspecified atom stereocenters. The summed E-state index contributed by atoms with van der Waals surface area (Å²) in [5.41, 5.74) is 2.59. The van der Waals surface area contributed by atoms with Gasteiger partial charge in [-0.3, -0.25) is 4.79 Å². The highest BCUT2D eigenvalue weighted by Crippen LogP contribution is 2.27. The number of halogens is 2. The number of carboxylic acids is 1. The summed E-state index contributed by atoms with van der Waals surface area (Å²) in [6.45, 7) is 3.34. The van der Waals surface area contributed by atoms with Crippen molar-refractivity contribution in [3.05, 3.63) is 56.7 Å². The Morgan fingerprint density at radius 1 is 1.31 bits per heavy atom. The molecular weight excluding hydrogens is 501 g/mol. The highest BCUT2D eigenvalue weighted by Gasteiger charge is 2.27. The molecule has 2 atom stereocenters. The molecule has 2 aliphatic heterocycles. The van der Waals surface area contributed by atoms with Gasteiger partial charge in [0.2, 0.25) is 0 Å². The number of pyridine rings is 1. The highest BCUT2D eigenvalue weighted by molar-refractivity contribution is 6.39. The zero-order valence-corrected chi connectivity index (χ0v) is 21.4. The fourth-order valence-corrected chi connectivity index (χ4v) is 5.52. The first-order chi connectivity index (χ1) is 17.3. The maximum absolute atomic E-state index is 12.7. The van der Waals surface area contributed by atoms with E-state index in [0.717, 1.165) is 63.3 Å². The van der Waals surface area contributed by atoms with Gasteiger partial charge in [-0.1, -0.05) is 29.3 Å². The number of hydrogen-bond donors (Lipinski definition) is 3. The zero-order chi connectivity index (χ0) is 25.7. The number of carbonyl (C=O) groups is 2. The molecule has 0 radical (unpaired) electrons. The number of aliphatic carboxylic acids is 1. The number of carbonyl (C=O) groups excluding carboxylic acids is 1. The summed E-state index contributed by atoms with van der Waals surface area (Å²) in [6, 6.07) is 7.81. The summed E-state index contributed by atoms with van der Waals surface area (Å²) < 4.78 is 0. The lowest BCUT2D eigenvalue weighted by atomic mass is 10.00. The number of benzene rings is 1. The van der Waals surface area contributed by atoms with Gasteiger partial charge in [0, 0.05) is 25.3 Å². The number of amides is 1. The van der Waals surface area contributed by atoms with Crippen LogP contribution in [0.25, 0.3) is 0 Å². The summed E-state index contributed by atoms with van der Waals surface area (Å²) in [7, 11) is 0. The largest absolute Gasteiger partial charge is 0.480 e. The standard InChI is InChI=1S/C26H29Cl2N5O3/c27-20-12-17(14-29)13-21(28)23(20)25(34)32-22(26(35)36)8-11-33-10-7-16(15-33)3-5-19-6-4-18-2-1-9-30-24(18)31-19/h4,6,12-13,16,22H,1-3,5,7-11,15H2,(H,30,31)(H,32,34)(H,35,36)/t16-,22-/m0/s1. The lowest BCUT2D eigenvalue weighted by Gasteiger charge is -2.20. The number of aromatic nitrogens is 1.